The van der Waals surface area contributed by atoms with Gasteiger partial charge in [-0.15, -0.1) is 21.5 Å². The molecule has 0 unspecified atom stereocenters. The van der Waals surface area contributed by atoms with Gasteiger partial charge in [0.1, 0.15) is 18.2 Å². The molecule has 0 bridgehead atoms. The van der Waals surface area contributed by atoms with Crippen LogP contribution in [0.1, 0.15) is 31.4 Å². The lowest BCUT2D eigenvalue weighted by atomic mass is 10.1. The van der Waals surface area contributed by atoms with Crippen molar-refractivity contribution in [1.29, 1.82) is 0 Å². The predicted octanol–water partition coefficient (Wildman–Crippen LogP) is 1.71. The number of amides is 2. The van der Waals surface area contributed by atoms with Gasteiger partial charge in [0, 0.05) is 7.11 Å². The predicted molar refractivity (Wildman–Crippen MR) is 130 cm³/mol. The second-order valence-electron chi connectivity index (χ2n) is 7.08. The van der Waals surface area contributed by atoms with Crippen LogP contribution in [0, 0.1) is 12.7 Å². The number of thioether (sulfide) groups is 1. The number of nitrogens with two attached hydrogens (primary N) is 2. The van der Waals surface area contributed by atoms with Gasteiger partial charge in [0.2, 0.25) is 11.1 Å². The molecule has 0 aliphatic rings. The van der Waals surface area contributed by atoms with Crippen molar-refractivity contribution < 1.29 is 33.0 Å². The van der Waals surface area contributed by atoms with Crippen LogP contribution in [0.3, 0.4) is 0 Å². The summed E-state index contributed by atoms with van der Waals surface area (Å²) in [5, 5.41) is 10.7. The van der Waals surface area contributed by atoms with Gasteiger partial charge < -0.3 is 31.1 Å². The van der Waals surface area contributed by atoms with Gasteiger partial charge in [-0.2, -0.15) is 0 Å². The van der Waals surface area contributed by atoms with Gasteiger partial charge in [-0.05, 0) is 24.6 Å². The van der Waals surface area contributed by atoms with Crippen molar-refractivity contribution in [2.75, 3.05) is 37.2 Å². The molecule has 0 aliphatic heterocycles. The lowest BCUT2D eigenvalue weighted by Crippen LogP contribution is -2.19. The lowest BCUT2D eigenvalue weighted by molar-refractivity contribution is -0.113. The van der Waals surface area contributed by atoms with Gasteiger partial charge in [0.25, 0.3) is 5.91 Å². The fourth-order valence-corrected chi connectivity index (χ4v) is 4.61. The Morgan fingerprint density at radius 2 is 1.97 bits per heavy atom. The number of halogens is 1. The van der Waals surface area contributed by atoms with Crippen LogP contribution in [0.25, 0.3) is 0 Å². The standard InChI is InChI=1S/C21H23FN6O6S2/c1-11-16(20(31)33-8-7-32-2)19(36-17(11)18(23)30)25-15(29)10-35-21-27-26-14(28(21)24)9-34-13-6-4-3-5-12(13)22/h3-6H,7-10,24H2,1-2H3,(H2,23,30)(H,25,29). The number of para-hydroxylation sites is 1. The molecule has 3 rings (SSSR count). The number of nitrogens with one attached hydrogen (secondary N) is 1. The Balaban J connectivity index is 1.64. The summed E-state index contributed by atoms with van der Waals surface area (Å²) in [5.41, 5.74) is 5.74. The topological polar surface area (TPSA) is 174 Å². The number of carbonyl (C=O) groups excluding carboxylic acids is 3. The molecule has 2 aromatic heterocycles. The number of carbonyl (C=O) groups is 3. The molecule has 36 heavy (non-hydrogen) atoms. The summed E-state index contributed by atoms with van der Waals surface area (Å²) < 4.78 is 30.2. The Bertz CT molecular complexity index is 1260. The van der Waals surface area contributed by atoms with E-state index in [1.165, 1.54) is 32.2 Å². The molecular formula is C21H23FN6O6S2. The third kappa shape index (κ3) is 6.50. The first-order valence-electron chi connectivity index (χ1n) is 10.3. The minimum atomic E-state index is -0.736. The summed E-state index contributed by atoms with van der Waals surface area (Å²) in [6, 6.07) is 5.88. The number of esters is 1. The third-order valence-corrected chi connectivity index (χ3v) is 6.77. The normalized spacial score (nSPS) is 10.8. The van der Waals surface area contributed by atoms with Gasteiger partial charge in [0.15, 0.2) is 17.4 Å². The van der Waals surface area contributed by atoms with Crippen molar-refractivity contribution in [2.45, 2.75) is 18.7 Å². The summed E-state index contributed by atoms with van der Waals surface area (Å²) in [6.07, 6.45) is 0. The summed E-state index contributed by atoms with van der Waals surface area (Å²) >= 11 is 1.84. The van der Waals surface area contributed by atoms with Crippen molar-refractivity contribution in [3.8, 4) is 5.75 Å². The zero-order chi connectivity index (χ0) is 26.2. The molecule has 0 fully saturated rings. The second kappa shape index (κ2) is 12.3. The smallest absolute Gasteiger partial charge is 0.341 e. The number of ether oxygens (including phenoxy) is 3. The maximum absolute atomic E-state index is 13.7. The molecule has 1 aromatic carbocycles. The number of nitrogen functional groups attached to an aromatic ring is 1. The number of benzene rings is 1. The minimum Gasteiger partial charge on any atom is -0.482 e. The molecule has 15 heteroatoms. The van der Waals surface area contributed by atoms with Crippen LogP contribution in [0.5, 0.6) is 5.75 Å². The third-order valence-electron chi connectivity index (χ3n) is 4.61. The second-order valence-corrected chi connectivity index (χ2v) is 9.04. The number of hydrogen-bond donors (Lipinski definition) is 3. The van der Waals surface area contributed by atoms with Crippen molar-refractivity contribution >= 4 is 45.9 Å². The van der Waals surface area contributed by atoms with E-state index in [0.29, 0.717) is 5.56 Å². The Hall–Kier alpha value is -3.69. The molecule has 0 radical (unpaired) electrons. The first kappa shape index (κ1) is 26.9. The molecule has 12 nitrogen and oxygen atoms in total. The first-order valence-corrected chi connectivity index (χ1v) is 12.1. The van der Waals surface area contributed by atoms with Crippen molar-refractivity contribution in [3.05, 3.63) is 51.9 Å². The minimum absolute atomic E-state index is 0.00508. The van der Waals surface area contributed by atoms with Crippen LogP contribution in [-0.4, -0.2) is 58.7 Å². The highest BCUT2D eigenvalue weighted by atomic mass is 32.2. The van der Waals surface area contributed by atoms with Crippen LogP contribution >= 0.6 is 23.1 Å². The lowest BCUT2D eigenvalue weighted by Gasteiger charge is -2.08. The Morgan fingerprint density at radius 1 is 1.22 bits per heavy atom. The van der Waals surface area contributed by atoms with E-state index in [4.69, 9.17) is 25.8 Å². The molecule has 0 aliphatic carbocycles. The zero-order valence-corrected chi connectivity index (χ0v) is 20.9. The van der Waals surface area contributed by atoms with E-state index < -0.39 is 23.6 Å². The highest BCUT2D eigenvalue weighted by molar-refractivity contribution is 7.99. The van der Waals surface area contributed by atoms with Crippen LogP contribution in [-0.2, 0) is 20.9 Å². The van der Waals surface area contributed by atoms with E-state index in [9.17, 15) is 18.8 Å². The van der Waals surface area contributed by atoms with Gasteiger partial charge in [-0.1, -0.05) is 23.9 Å². The average molecular weight is 539 g/mol. The Morgan fingerprint density at radius 3 is 2.67 bits per heavy atom. The van der Waals surface area contributed by atoms with Crippen LogP contribution in [0.15, 0.2) is 29.4 Å². The molecule has 192 valence electrons. The number of methoxy groups -OCH3 is 1. The molecule has 0 saturated carbocycles. The van der Waals surface area contributed by atoms with Crippen LogP contribution in [0.2, 0.25) is 0 Å². The molecule has 2 heterocycles. The molecule has 0 saturated heterocycles. The number of primary amides is 1. The van der Waals surface area contributed by atoms with E-state index >= 15 is 0 Å². The van der Waals surface area contributed by atoms with Crippen LogP contribution in [0.4, 0.5) is 9.39 Å². The van der Waals surface area contributed by atoms with Crippen LogP contribution < -0.4 is 21.6 Å². The summed E-state index contributed by atoms with van der Waals surface area (Å²) in [4.78, 5) is 37.0. The fourth-order valence-electron chi connectivity index (χ4n) is 2.87. The largest absolute Gasteiger partial charge is 0.482 e. The van der Waals surface area contributed by atoms with Crippen molar-refractivity contribution in [1.82, 2.24) is 14.9 Å². The average Bonchev–Trinajstić information content (AvgIpc) is 3.36. The van der Waals surface area contributed by atoms with E-state index in [2.05, 4.69) is 15.5 Å². The summed E-state index contributed by atoms with van der Waals surface area (Å²) in [6.45, 7) is 1.57. The number of thiophene rings is 1. The summed E-state index contributed by atoms with van der Waals surface area (Å²) in [7, 11) is 1.46. The molecule has 0 atom stereocenters. The molecule has 5 N–H and O–H groups in total. The highest BCUT2D eigenvalue weighted by Crippen LogP contribution is 2.33. The molecular weight excluding hydrogens is 515 g/mol. The molecule has 0 spiro atoms. The number of hydrogen-bond acceptors (Lipinski definition) is 11. The van der Waals surface area contributed by atoms with E-state index in [1.54, 1.807) is 6.07 Å². The van der Waals surface area contributed by atoms with E-state index in [1.807, 2.05) is 0 Å². The fraction of sp³-hybridized carbons (Fsp3) is 0.286. The summed E-state index contributed by atoms with van der Waals surface area (Å²) in [5.74, 6) is 3.57. The highest BCUT2D eigenvalue weighted by Gasteiger charge is 2.26. The van der Waals surface area contributed by atoms with Gasteiger partial charge >= 0.3 is 5.97 Å². The molecule has 2 amide bonds. The maximum Gasteiger partial charge on any atom is 0.341 e. The van der Waals surface area contributed by atoms with Gasteiger partial charge in [0.05, 0.1) is 22.8 Å². The first-order chi connectivity index (χ1) is 17.2. The molecule has 3 aromatic rings. The number of nitrogens with zero attached hydrogens (tertiary/aromatic N) is 3. The Kier molecular flexibility index (Phi) is 9.21. The number of rotatable bonds is 12. The number of aromatic nitrogens is 3. The number of anilines is 1. The van der Waals surface area contributed by atoms with Gasteiger partial charge in [-0.25, -0.2) is 13.9 Å². The zero-order valence-electron chi connectivity index (χ0n) is 19.3. The van der Waals surface area contributed by atoms with E-state index in [-0.39, 0.29) is 57.7 Å². The quantitative estimate of drug-likeness (QED) is 0.133. The van der Waals surface area contributed by atoms with Gasteiger partial charge in [-0.3, -0.25) is 9.59 Å². The van der Waals surface area contributed by atoms with E-state index in [0.717, 1.165) is 27.8 Å². The maximum atomic E-state index is 13.7. The van der Waals surface area contributed by atoms with Crippen molar-refractivity contribution in [2.24, 2.45) is 5.73 Å². The van der Waals surface area contributed by atoms with Crippen molar-refractivity contribution in [3.63, 3.8) is 0 Å². The SMILES string of the molecule is COCCOC(=O)c1c(NC(=O)CSc2nnc(COc3ccccc3F)n2N)sc(C(N)=O)c1C. The Labute approximate surface area is 213 Å². The monoisotopic (exact) mass is 538 g/mol.